The Morgan fingerprint density at radius 1 is 1.12 bits per heavy atom. The summed E-state index contributed by atoms with van der Waals surface area (Å²) in [5.41, 5.74) is -3.15. The average Bonchev–Trinajstić information content (AvgIpc) is 2.66. The van der Waals surface area contributed by atoms with E-state index >= 15 is 8.78 Å². The van der Waals surface area contributed by atoms with E-state index in [1.54, 1.807) is 41.5 Å². The molecule has 188 valence electrons. The molecular formula is C22H34F2N2O5S2. The van der Waals surface area contributed by atoms with E-state index in [1.807, 2.05) is 0 Å². The lowest BCUT2D eigenvalue weighted by Gasteiger charge is -2.46. The summed E-state index contributed by atoms with van der Waals surface area (Å²) >= 11 is 0. The van der Waals surface area contributed by atoms with Crippen molar-refractivity contribution in [1.82, 2.24) is 10.0 Å². The molecule has 11 heteroatoms. The van der Waals surface area contributed by atoms with Crippen molar-refractivity contribution in [3.05, 3.63) is 30.3 Å². The van der Waals surface area contributed by atoms with Gasteiger partial charge in [0.25, 0.3) is 0 Å². The van der Waals surface area contributed by atoms with Gasteiger partial charge in [0.15, 0.2) is 0 Å². The van der Waals surface area contributed by atoms with Crippen LogP contribution in [0.5, 0.6) is 0 Å². The molecule has 3 atom stereocenters. The number of amides is 1. The molecule has 1 fully saturated rings. The molecule has 0 heterocycles. The SMILES string of the molecule is CC(C)(C)OC(=O)NC1CCCC(NS(=O)C(C)(C)C)(C(F)(F)S(=O)(=O)c2ccccc2)C1. The molecule has 7 nitrogen and oxygen atoms in total. The van der Waals surface area contributed by atoms with Gasteiger partial charge in [-0.05, 0) is 79.4 Å². The maximum Gasteiger partial charge on any atom is 0.407 e. The molecule has 0 saturated heterocycles. The minimum Gasteiger partial charge on any atom is -0.444 e. The fourth-order valence-corrected chi connectivity index (χ4v) is 6.23. The topological polar surface area (TPSA) is 102 Å². The lowest BCUT2D eigenvalue weighted by Crippen LogP contribution is -2.67. The minimum absolute atomic E-state index is 0.189. The van der Waals surface area contributed by atoms with Crippen LogP contribution in [0, 0.1) is 0 Å². The first-order valence-corrected chi connectivity index (χ1v) is 13.4. The summed E-state index contributed by atoms with van der Waals surface area (Å²) in [7, 11) is -7.14. The van der Waals surface area contributed by atoms with Crippen molar-refractivity contribution in [2.75, 3.05) is 0 Å². The maximum atomic E-state index is 16.0. The number of benzene rings is 1. The molecule has 0 radical (unpaired) electrons. The van der Waals surface area contributed by atoms with Gasteiger partial charge in [-0.1, -0.05) is 18.2 Å². The van der Waals surface area contributed by atoms with Crippen molar-refractivity contribution in [2.24, 2.45) is 0 Å². The zero-order valence-corrected chi connectivity index (χ0v) is 21.5. The van der Waals surface area contributed by atoms with Crippen LogP contribution in [-0.2, 0) is 25.6 Å². The second-order valence-corrected chi connectivity index (χ2v) is 14.3. The third kappa shape index (κ3) is 6.30. The predicted octanol–water partition coefficient (Wildman–Crippen LogP) is 4.31. The molecule has 1 aromatic rings. The maximum absolute atomic E-state index is 16.0. The highest BCUT2D eigenvalue weighted by atomic mass is 32.2. The van der Waals surface area contributed by atoms with Crippen LogP contribution < -0.4 is 10.0 Å². The van der Waals surface area contributed by atoms with Gasteiger partial charge in [-0.25, -0.2) is 22.1 Å². The van der Waals surface area contributed by atoms with Crippen molar-refractivity contribution in [3.63, 3.8) is 0 Å². The normalized spacial score (nSPS) is 23.6. The number of alkyl halides is 2. The molecule has 0 spiro atoms. The van der Waals surface area contributed by atoms with Gasteiger partial charge in [0.05, 0.1) is 20.6 Å². The summed E-state index contributed by atoms with van der Waals surface area (Å²) < 4.78 is 78.0. The van der Waals surface area contributed by atoms with Gasteiger partial charge in [-0.3, -0.25) is 0 Å². The van der Waals surface area contributed by atoms with E-state index in [0.29, 0.717) is 6.42 Å². The molecule has 1 aliphatic carbocycles. The van der Waals surface area contributed by atoms with Crippen molar-refractivity contribution < 1.29 is 30.9 Å². The number of sulfone groups is 1. The Kier molecular flexibility index (Phi) is 8.02. The fourth-order valence-electron chi connectivity index (χ4n) is 3.62. The quantitative estimate of drug-likeness (QED) is 0.596. The molecule has 0 bridgehead atoms. The highest BCUT2D eigenvalue weighted by molar-refractivity contribution is 7.92. The Morgan fingerprint density at radius 2 is 1.70 bits per heavy atom. The first kappa shape index (κ1) is 27.7. The van der Waals surface area contributed by atoms with Gasteiger partial charge in [0.2, 0.25) is 9.84 Å². The van der Waals surface area contributed by atoms with Crippen molar-refractivity contribution in [2.45, 2.75) is 99.3 Å². The summed E-state index contributed by atoms with van der Waals surface area (Å²) in [5.74, 6) is 0. The fraction of sp³-hybridized carbons (Fsp3) is 0.682. The van der Waals surface area contributed by atoms with E-state index in [1.165, 1.54) is 18.2 Å². The van der Waals surface area contributed by atoms with Crippen LogP contribution in [0.25, 0.3) is 0 Å². The van der Waals surface area contributed by atoms with Gasteiger partial charge in [-0.15, -0.1) is 0 Å². The molecule has 0 aromatic heterocycles. The van der Waals surface area contributed by atoms with E-state index in [-0.39, 0.29) is 12.8 Å². The van der Waals surface area contributed by atoms with Crippen LogP contribution in [0.1, 0.15) is 67.2 Å². The number of hydrogen-bond donors (Lipinski definition) is 2. The van der Waals surface area contributed by atoms with Crippen LogP contribution in [0.4, 0.5) is 13.6 Å². The van der Waals surface area contributed by atoms with Crippen LogP contribution in [0.3, 0.4) is 0 Å². The van der Waals surface area contributed by atoms with Crippen molar-refractivity contribution in [3.8, 4) is 0 Å². The Morgan fingerprint density at radius 3 is 2.21 bits per heavy atom. The number of carbonyl (C=O) groups excluding carboxylic acids is 1. The van der Waals surface area contributed by atoms with Crippen molar-refractivity contribution in [1.29, 1.82) is 0 Å². The van der Waals surface area contributed by atoms with E-state index < -0.39 is 65.4 Å². The monoisotopic (exact) mass is 508 g/mol. The van der Waals surface area contributed by atoms with E-state index in [4.69, 9.17) is 4.74 Å². The van der Waals surface area contributed by atoms with E-state index in [2.05, 4.69) is 10.0 Å². The Bertz CT molecular complexity index is 973. The second-order valence-electron chi connectivity index (χ2n) is 10.3. The third-order valence-electron chi connectivity index (χ3n) is 5.26. The van der Waals surface area contributed by atoms with Crippen LogP contribution in [-0.4, -0.2) is 45.9 Å². The molecule has 1 aliphatic rings. The lowest BCUT2D eigenvalue weighted by molar-refractivity contribution is -0.0288. The molecular weight excluding hydrogens is 474 g/mol. The van der Waals surface area contributed by atoms with Gasteiger partial charge < -0.3 is 10.1 Å². The Hall–Kier alpha value is -1.59. The molecule has 33 heavy (non-hydrogen) atoms. The molecule has 0 aliphatic heterocycles. The summed E-state index contributed by atoms with van der Waals surface area (Å²) in [6.45, 7) is 9.83. The van der Waals surface area contributed by atoms with Gasteiger partial charge >= 0.3 is 11.3 Å². The summed E-state index contributed by atoms with van der Waals surface area (Å²) in [6, 6.07) is 5.68. The van der Waals surface area contributed by atoms with Crippen LogP contribution in [0.2, 0.25) is 0 Å². The number of hydrogen-bond acceptors (Lipinski definition) is 5. The smallest absolute Gasteiger partial charge is 0.407 e. The molecule has 2 N–H and O–H groups in total. The third-order valence-corrected chi connectivity index (χ3v) is 8.91. The highest BCUT2D eigenvalue weighted by Crippen LogP contribution is 2.47. The largest absolute Gasteiger partial charge is 0.444 e. The zero-order chi connectivity index (χ0) is 25.3. The first-order valence-electron chi connectivity index (χ1n) is 10.8. The summed E-state index contributed by atoms with van der Waals surface area (Å²) in [6.07, 6.45) is -0.913. The van der Waals surface area contributed by atoms with Gasteiger partial charge in [0.1, 0.15) is 11.1 Å². The lowest BCUT2D eigenvalue weighted by atomic mass is 9.79. The molecule has 1 saturated carbocycles. The number of rotatable bonds is 6. The number of nitrogens with one attached hydrogen (secondary N) is 2. The second kappa shape index (κ2) is 9.58. The van der Waals surface area contributed by atoms with Gasteiger partial charge in [0, 0.05) is 6.04 Å². The molecule has 2 rings (SSSR count). The van der Waals surface area contributed by atoms with E-state index in [9.17, 15) is 17.4 Å². The van der Waals surface area contributed by atoms with Crippen molar-refractivity contribution >= 4 is 26.9 Å². The predicted molar refractivity (Wildman–Crippen MR) is 124 cm³/mol. The number of ether oxygens (including phenoxy) is 1. The average molecular weight is 509 g/mol. The Labute approximate surface area is 197 Å². The van der Waals surface area contributed by atoms with Crippen LogP contribution in [0.15, 0.2) is 35.2 Å². The number of carbonyl (C=O) groups is 1. The zero-order valence-electron chi connectivity index (χ0n) is 19.9. The summed E-state index contributed by atoms with van der Waals surface area (Å²) in [5, 5.41) is -1.73. The summed E-state index contributed by atoms with van der Waals surface area (Å²) in [4.78, 5) is 11.7. The van der Waals surface area contributed by atoms with Crippen LogP contribution >= 0.6 is 0 Å². The Balaban J connectivity index is 2.48. The number of halogens is 2. The standard InChI is InChI=1S/C22H34F2N2O5S2/c1-19(2,3)31-18(27)25-16-11-10-14-21(15-16,26-32(28)20(4,5)6)22(23,24)33(29,30)17-12-8-7-9-13-17/h7-9,12-13,16,26H,10-11,14-15H2,1-6H3,(H,25,27). The van der Waals surface area contributed by atoms with Gasteiger partial charge in [-0.2, -0.15) is 8.78 Å². The molecule has 1 aromatic carbocycles. The molecule has 3 unspecified atom stereocenters. The first-order chi connectivity index (χ1) is 14.9. The minimum atomic E-state index is -5.14. The molecule has 1 amide bonds. The van der Waals surface area contributed by atoms with E-state index in [0.717, 1.165) is 12.1 Å². The number of alkyl carbamates (subject to hydrolysis) is 1. The highest BCUT2D eigenvalue weighted by Gasteiger charge is 2.65.